The fraction of sp³-hybridized carbons (Fsp3) is 0.562. The summed E-state index contributed by atoms with van der Waals surface area (Å²) in [6.07, 6.45) is 2.85. The SMILES string of the molecule is CCCCNC(=O)C(C)NC(C)Cc1ccc(F)cc1. The first-order chi connectivity index (χ1) is 9.52. The van der Waals surface area contributed by atoms with Crippen molar-refractivity contribution in [1.82, 2.24) is 10.6 Å². The lowest BCUT2D eigenvalue weighted by molar-refractivity contribution is -0.122. The lowest BCUT2D eigenvalue weighted by atomic mass is 10.1. The van der Waals surface area contributed by atoms with Gasteiger partial charge in [0.2, 0.25) is 5.91 Å². The number of unbranched alkanes of at least 4 members (excludes halogenated alkanes) is 1. The monoisotopic (exact) mass is 280 g/mol. The Morgan fingerprint density at radius 2 is 1.90 bits per heavy atom. The summed E-state index contributed by atoms with van der Waals surface area (Å²) in [5.74, 6) is -0.192. The second-order valence-electron chi connectivity index (χ2n) is 5.26. The van der Waals surface area contributed by atoms with Gasteiger partial charge in [0.25, 0.3) is 0 Å². The van der Waals surface area contributed by atoms with Crippen molar-refractivity contribution in [2.24, 2.45) is 0 Å². The molecule has 0 aliphatic heterocycles. The van der Waals surface area contributed by atoms with Crippen molar-refractivity contribution in [2.75, 3.05) is 6.54 Å². The molecular formula is C16H25FN2O. The van der Waals surface area contributed by atoms with Gasteiger partial charge in [-0.05, 0) is 44.4 Å². The van der Waals surface area contributed by atoms with Gasteiger partial charge in [0.05, 0.1) is 6.04 Å². The largest absolute Gasteiger partial charge is 0.355 e. The zero-order chi connectivity index (χ0) is 15.0. The maximum absolute atomic E-state index is 12.8. The van der Waals surface area contributed by atoms with Crippen molar-refractivity contribution >= 4 is 5.91 Å². The Kier molecular flexibility index (Phi) is 7.23. The molecule has 4 heteroatoms. The van der Waals surface area contributed by atoms with E-state index in [1.54, 1.807) is 12.1 Å². The summed E-state index contributed by atoms with van der Waals surface area (Å²) in [5.41, 5.74) is 1.06. The van der Waals surface area contributed by atoms with Crippen molar-refractivity contribution in [1.29, 1.82) is 0 Å². The number of carbonyl (C=O) groups is 1. The summed E-state index contributed by atoms with van der Waals surface area (Å²) in [6, 6.07) is 6.42. The minimum atomic E-state index is -0.224. The van der Waals surface area contributed by atoms with Crippen molar-refractivity contribution < 1.29 is 9.18 Å². The molecule has 0 heterocycles. The summed E-state index contributed by atoms with van der Waals surface area (Å²) in [5, 5.41) is 6.17. The van der Waals surface area contributed by atoms with Crippen LogP contribution in [-0.4, -0.2) is 24.5 Å². The van der Waals surface area contributed by atoms with Crippen molar-refractivity contribution in [3.05, 3.63) is 35.6 Å². The first-order valence-corrected chi connectivity index (χ1v) is 7.31. The maximum atomic E-state index is 12.8. The van der Waals surface area contributed by atoms with Gasteiger partial charge in [0.15, 0.2) is 0 Å². The van der Waals surface area contributed by atoms with E-state index in [0.717, 1.165) is 31.4 Å². The molecule has 112 valence electrons. The molecule has 0 aliphatic carbocycles. The molecule has 0 radical (unpaired) electrons. The van der Waals surface area contributed by atoms with Gasteiger partial charge < -0.3 is 10.6 Å². The first-order valence-electron chi connectivity index (χ1n) is 7.31. The average molecular weight is 280 g/mol. The smallest absolute Gasteiger partial charge is 0.236 e. The van der Waals surface area contributed by atoms with E-state index < -0.39 is 0 Å². The number of rotatable bonds is 8. The molecule has 2 N–H and O–H groups in total. The van der Waals surface area contributed by atoms with E-state index in [1.165, 1.54) is 12.1 Å². The van der Waals surface area contributed by atoms with Crippen LogP contribution >= 0.6 is 0 Å². The Balaban J connectivity index is 2.35. The van der Waals surface area contributed by atoms with Crippen LogP contribution in [0.5, 0.6) is 0 Å². The van der Waals surface area contributed by atoms with Crippen LogP contribution in [0.25, 0.3) is 0 Å². The Morgan fingerprint density at radius 3 is 2.50 bits per heavy atom. The van der Waals surface area contributed by atoms with Crippen LogP contribution in [-0.2, 0) is 11.2 Å². The molecule has 0 aromatic heterocycles. The van der Waals surface area contributed by atoms with E-state index in [2.05, 4.69) is 17.6 Å². The lowest BCUT2D eigenvalue weighted by Gasteiger charge is -2.19. The molecule has 0 fully saturated rings. The van der Waals surface area contributed by atoms with Crippen LogP contribution in [0.4, 0.5) is 4.39 Å². The Labute approximate surface area is 121 Å². The molecule has 2 unspecified atom stereocenters. The third-order valence-corrected chi connectivity index (χ3v) is 3.21. The summed E-state index contributed by atoms with van der Waals surface area (Å²) in [7, 11) is 0. The van der Waals surface area contributed by atoms with E-state index in [9.17, 15) is 9.18 Å². The van der Waals surface area contributed by atoms with Crippen LogP contribution in [0.2, 0.25) is 0 Å². The highest BCUT2D eigenvalue weighted by Gasteiger charge is 2.14. The van der Waals surface area contributed by atoms with Gasteiger partial charge in [-0.2, -0.15) is 0 Å². The number of halogens is 1. The van der Waals surface area contributed by atoms with Gasteiger partial charge in [-0.25, -0.2) is 4.39 Å². The number of amides is 1. The molecule has 1 aromatic carbocycles. The normalized spacial score (nSPS) is 13.8. The second-order valence-corrected chi connectivity index (χ2v) is 5.26. The Hall–Kier alpha value is -1.42. The molecule has 20 heavy (non-hydrogen) atoms. The van der Waals surface area contributed by atoms with E-state index in [1.807, 2.05) is 13.8 Å². The highest BCUT2D eigenvalue weighted by molar-refractivity contribution is 5.81. The third kappa shape index (κ3) is 6.15. The molecule has 1 amide bonds. The van der Waals surface area contributed by atoms with Gasteiger partial charge in [-0.15, -0.1) is 0 Å². The van der Waals surface area contributed by atoms with Crippen molar-refractivity contribution in [3.63, 3.8) is 0 Å². The number of hydrogen-bond acceptors (Lipinski definition) is 2. The minimum absolute atomic E-state index is 0.0319. The van der Waals surface area contributed by atoms with Gasteiger partial charge in [0.1, 0.15) is 5.82 Å². The van der Waals surface area contributed by atoms with Gasteiger partial charge in [-0.1, -0.05) is 25.5 Å². The number of nitrogens with one attached hydrogen (secondary N) is 2. The van der Waals surface area contributed by atoms with Gasteiger partial charge >= 0.3 is 0 Å². The minimum Gasteiger partial charge on any atom is -0.355 e. The van der Waals surface area contributed by atoms with E-state index in [4.69, 9.17) is 0 Å². The van der Waals surface area contributed by atoms with Crippen LogP contribution in [0.3, 0.4) is 0 Å². The Bertz CT molecular complexity index is 405. The summed E-state index contributed by atoms with van der Waals surface area (Å²) in [4.78, 5) is 11.8. The van der Waals surface area contributed by atoms with E-state index in [-0.39, 0.29) is 23.8 Å². The predicted molar refractivity (Wildman–Crippen MR) is 80.1 cm³/mol. The average Bonchev–Trinajstić information content (AvgIpc) is 2.41. The standard InChI is InChI=1S/C16H25FN2O/c1-4-5-10-18-16(20)13(3)19-12(2)11-14-6-8-15(17)9-7-14/h6-9,12-13,19H,4-5,10-11H2,1-3H3,(H,18,20). The molecule has 2 atom stereocenters. The molecular weight excluding hydrogens is 255 g/mol. The number of hydrogen-bond donors (Lipinski definition) is 2. The predicted octanol–water partition coefficient (Wildman–Crippen LogP) is 2.65. The van der Waals surface area contributed by atoms with Crippen LogP contribution in [0.1, 0.15) is 39.2 Å². The second kappa shape index (κ2) is 8.69. The molecule has 0 bridgehead atoms. The summed E-state index contributed by atoms with van der Waals surface area (Å²) < 4.78 is 12.8. The van der Waals surface area contributed by atoms with Crippen LogP contribution in [0.15, 0.2) is 24.3 Å². The van der Waals surface area contributed by atoms with Crippen molar-refractivity contribution in [3.8, 4) is 0 Å². The van der Waals surface area contributed by atoms with Crippen LogP contribution in [0, 0.1) is 5.82 Å². The fourth-order valence-corrected chi connectivity index (χ4v) is 2.08. The lowest BCUT2D eigenvalue weighted by Crippen LogP contribution is -2.46. The molecule has 1 rings (SSSR count). The van der Waals surface area contributed by atoms with Gasteiger partial charge in [0, 0.05) is 12.6 Å². The van der Waals surface area contributed by atoms with E-state index in [0.29, 0.717) is 0 Å². The highest BCUT2D eigenvalue weighted by Crippen LogP contribution is 2.06. The molecule has 0 spiro atoms. The summed E-state index contributed by atoms with van der Waals surface area (Å²) in [6.45, 7) is 6.72. The maximum Gasteiger partial charge on any atom is 0.236 e. The molecule has 1 aromatic rings. The zero-order valence-corrected chi connectivity index (χ0v) is 12.6. The topological polar surface area (TPSA) is 41.1 Å². The zero-order valence-electron chi connectivity index (χ0n) is 12.6. The first kappa shape index (κ1) is 16.6. The van der Waals surface area contributed by atoms with Crippen molar-refractivity contribution in [2.45, 2.75) is 52.1 Å². The summed E-state index contributed by atoms with van der Waals surface area (Å²) >= 11 is 0. The third-order valence-electron chi connectivity index (χ3n) is 3.21. The molecule has 3 nitrogen and oxygen atoms in total. The van der Waals surface area contributed by atoms with Crippen LogP contribution < -0.4 is 10.6 Å². The molecule has 0 aliphatic rings. The molecule has 0 saturated heterocycles. The van der Waals surface area contributed by atoms with Gasteiger partial charge in [-0.3, -0.25) is 4.79 Å². The van der Waals surface area contributed by atoms with E-state index >= 15 is 0 Å². The molecule has 0 saturated carbocycles. The quantitative estimate of drug-likeness (QED) is 0.719. The number of carbonyl (C=O) groups excluding carboxylic acids is 1. The highest BCUT2D eigenvalue weighted by atomic mass is 19.1. The fourth-order valence-electron chi connectivity index (χ4n) is 2.08. The Morgan fingerprint density at radius 1 is 1.25 bits per heavy atom. The number of benzene rings is 1.